The van der Waals surface area contributed by atoms with Gasteiger partial charge in [0.15, 0.2) is 0 Å². The minimum Gasteiger partial charge on any atom is -0.398 e. The Bertz CT molecular complexity index is 643. The Morgan fingerprint density at radius 3 is 2.55 bits per heavy atom. The largest absolute Gasteiger partial charge is 0.398 e. The predicted molar refractivity (Wildman–Crippen MR) is 77.9 cm³/mol. The van der Waals surface area contributed by atoms with Crippen LogP contribution in [0.5, 0.6) is 0 Å². The van der Waals surface area contributed by atoms with E-state index >= 15 is 0 Å². The number of anilines is 2. The van der Waals surface area contributed by atoms with Crippen molar-refractivity contribution >= 4 is 17.3 Å². The van der Waals surface area contributed by atoms with Crippen molar-refractivity contribution in [1.82, 2.24) is 0 Å². The van der Waals surface area contributed by atoms with Crippen molar-refractivity contribution in [2.45, 2.75) is 6.54 Å². The average Bonchev–Trinajstić information content (AvgIpc) is 2.40. The highest BCUT2D eigenvalue weighted by Crippen LogP contribution is 2.24. The molecule has 0 saturated carbocycles. The van der Waals surface area contributed by atoms with Gasteiger partial charge in [-0.15, -0.1) is 0 Å². The predicted octanol–water partition coefficient (Wildman–Crippen LogP) is 2.14. The number of halogens is 1. The van der Waals surface area contributed by atoms with E-state index in [9.17, 15) is 9.18 Å². The lowest BCUT2D eigenvalue weighted by atomic mass is 10.1. The number of amides is 1. The summed E-state index contributed by atoms with van der Waals surface area (Å²) in [5.74, 6) is -1.41. The van der Waals surface area contributed by atoms with Crippen molar-refractivity contribution in [2.24, 2.45) is 5.73 Å². The van der Waals surface area contributed by atoms with Gasteiger partial charge in [-0.05, 0) is 23.8 Å². The molecular formula is C15H16FN3O. The lowest BCUT2D eigenvalue weighted by Gasteiger charge is -2.22. The number of hydrogen-bond acceptors (Lipinski definition) is 3. The number of nitrogens with two attached hydrogens (primary N) is 2. The molecular weight excluding hydrogens is 257 g/mol. The minimum absolute atomic E-state index is 0.107. The third kappa shape index (κ3) is 2.71. The molecule has 2 aromatic carbocycles. The molecule has 0 aliphatic carbocycles. The van der Waals surface area contributed by atoms with Gasteiger partial charge >= 0.3 is 0 Å². The fraction of sp³-hybridized carbons (Fsp3) is 0.133. The summed E-state index contributed by atoms with van der Waals surface area (Å²) in [5.41, 5.74) is 13.0. The van der Waals surface area contributed by atoms with Gasteiger partial charge in [-0.3, -0.25) is 4.79 Å². The summed E-state index contributed by atoms with van der Waals surface area (Å²) in [6, 6.07) is 11.8. The summed E-state index contributed by atoms with van der Waals surface area (Å²) >= 11 is 0. The molecule has 4 nitrogen and oxygen atoms in total. The van der Waals surface area contributed by atoms with Crippen molar-refractivity contribution in [3.8, 4) is 0 Å². The summed E-state index contributed by atoms with van der Waals surface area (Å²) in [6.07, 6.45) is 0. The van der Waals surface area contributed by atoms with Gasteiger partial charge in [-0.1, -0.05) is 24.3 Å². The zero-order valence-corrected chi connectivity index (χ0v) is 11.1. The maximum Gasteiger partial charge on any atom is 0.253 e. The molecule has 0 unspecified atom stereocenters. The van der Waals surface area contributed by atoms with Gasteiger partial charge in [-0.2, -0.15) is 0 Å². The molecule has 0 aromatic heterocycles. The molecule has 0 atom stereocenters. The quantitative estimate of drug-likeness (QED) is 0.838. The van der Waals surface area contributed by atoms with Crippen LogP contribution in [0.15, 0.2) is 42.5 Å². The molecule has 5 heteroatoms. The normalized spacial score (nSPS) is 10.3. The number of rotatable bonds is 4. The fourth-order valence-corrected chi connectivity index (χ4v) is 2.09. The standard InChI is InChI=1S/C15H16FN3O/c1-19(9-10-5-2-3-7-12(10)17)13-8-4-6-11(16)14(13)15(18)20/h2-8H,9,17H2,1H3,(H2,18,20). The molecule has 1 amide bonds. The van der Waals surface area contributed by atoms with Crippen LogP contribution in [0.2, 0.25) is 0 Å². The highest BCUT2D eigenvalue weighted by atomic mass is 19.1. The molecule has 0 bridgehead atoms. The zero-order valence-electron chi connectivity index (χ0n) is 11.1. The first-order valence-corrected chi connectivity index (χ1v) is 6.13. The van der Waals surface area contributed by atoms with Crippen molar-refractivity contribution in [1.29, 1.82) is 0 Å². The van der Waals surface area contributed by atoms with Crippen LogP contribution in [0.1, 0.15) is 15.9 Å². The van der Waals surface area contributed by atoms with E-state index in [1.54, 1.807) is 30.1 Å². The molecule has 4 N–H and O–H groups in total. The molecule has 0 heterocycles. The van der Waals surface area contributed by atoms with E-state index in [-0.39, 0.29) is 5.56 Å². The lowest BCUT2D eigenvalue weighted by Crippen LogP contribution is -2.23. The number of primary amides is 1. The van der Waals surface area contributed by atoms with Crippen LogP contribution in [0.4, 0.5) is 15.8 Å². The van der Waals surface area contributed by atoms with Gasteiger partial charge in [0.2, 0.25) is 0 Å². The van der Waals surface area contributed by atoms with Crippen molar-refractivity contribution < 1.29 is 9.18 Å². The Morgan fingerprint density at radius 2 is 1.90 bits per heavy atom. The van der Waals surface area contributed by atoms with Crippen molar-refractivity contribution in [3.63, 3.8) is 0 Å². The average molecular weight is 273 g/mol. The Morgan fingerprint density at radius 1 is 1.20 bits per heavy atom. The topological polar surface area (TPSA) is 72.3 Å². The number of carbonyl (C=O) groups excluding carboxylic acids is 1. The Kier molecular flexibility index (Phi) is 3.89. The second-order valence-corrected chi connectivity index (χ2v) is 4.55. The summed E-state index contributed by atoms with van der Waals surface area (Å²) in [4.78, 5) is 13.1. The smallest absolute Gasteiger partial charge is 0.253 e. The molecule has 0 fully saturated rings. The Balaban J connectivity index is 2.35. The third-order valence-corrected chi connectivity index (χ3v) is 3.11. The first kappa shape index (κ1) is 13.9. The first-order valence-electron chi connectivity index (χ1n) is 6.13. The molecule has 0 spiro atoms. The number of para-hydroxylation sites is 1. The van der Waals surface area contributed by atoms with Gasteiger partial charge in [0, 0.05) is 19.3 Å². The van der Waals surface area contributed by atoms with Gasteiger partial charge in [0.05, 0.1) is 11.3 Å². The molecule has 0 radical (unpaired) electrons. The van der Waals surface area contributed by atoms with E-state index in [4.69, 9.17) is 11.5 Å². The van der Waals surface area contributed by atoms with Crippen LogP contribution < -0.4 is 16.4 Å². The van der Waals surface area contributed by atoms with Gasteiger partial charge in [-0.25, -0.2) is 4.39 Å². The van der Waals surface area contributed by atoms with Crippen LogP contribution in [-0.2, 0) is 6.54 Å². The number of nitrogens with zero attached hydrogens (tertiary/aromatic N) is 1. The monoisotopic (exact) mass is 273 g/mol. The van der Waals surface area contributed by atoms with E-state index in [0.29, 0.717) is 17.9 Å². The summed E-state index contributed by atoms with van der Waals surface area (Å²) in [7, 11) is 1.76. The zero-order chi connectivity index (χ0) is 14.7. The van der Waals surface area contributed by atoms with Gasteiger partial charge < -0.3 is 16.4 Å². The number of nitrogen functional groups attached to an aromatic ring is 1. The molecule has 2 aromatic rings. The van der Waals surface area contributed by atoms with E-state index in [1.807, 2.05) is 18.2 Å². The first-order chi connectivity index (χ1) is 9.50. The maximum absolute atomic E-state index is 13.7. The maximum atomic E-state index is 13.7. The van der Waals surface area contributed by atoms with E-state index in [2.05, 4.69) is 0 Å². The third-order valence-electron chi connectivity index (χ3n) is 3.11. The van der Waals surface area contributed by atoms with E-state index in [1.165, 1.54) is 6.07 Å². The second kappa shape index (κ2) is 5.61. The summed E-state index contributed by atoms with van der Waals surface area (Å²) in [5, 5.41) is 0. The number of benzene rings is 2. The van der Waals surface area contributed by atoms with Crippen molar-refractivity contribution in [3.05, 3.63) is 59.4 Å². The Hall–Kier alpha value is -2.56. The lowest BCUT2D eigenvalue weighted by molar-refractivity contribution is 0.0997. The minimum atomic E-state index is -0.786. The summed E-state index contributed by atoms with van der Waals surface area (Å²) < 4.78 is 13.7. The molecule has 0 aliphatic rings. The molecule has 0 aliphatic heterocycles. The SMILES string of the molecule is CN(Cc1ccccc1N)c1cccc(F)c1C(N)=O. The van der Waals surface area contributed by atoms with Crippen LogP contribution in [-0.4, -0.2) is 13.0 Å². The molecule has 20 heavy (non-hydrogen) atoms. The molecule has 104 valence electrons. The van der Waals surface area contributed by atoms with Gasteiger partial charge in [0.25, 0.3) is 5.91 Å². The van der Waals surface area contributed by atoms with Crippen LogP contribution in [0.25, 0.3) is 0 Å². The number of carbonyl (C=O) groups is 1. The van der Waals surface area contributed by atoms with E-state index in [0.717, 1.165) is 5.56 Å². The Labute approximate surface area is 116 Å². The fourth-order valence-electron chi connectivity index (χ4n) is 2.09. The van der Waals surface area contributed by atoms with E-state index < -0.39 is 11.7 Å². The van der Waals surface area contributed by atoms with Crippen LogP contribution >= 0.6 is 0 Å². The second-order valence-electron chi connectivity index (χ2n) is 4.55. The van der Waals surface area contributed by atoms with Gasteiger partial charge in [0.1, 0.15) is 5.82 Å². The van der Waals surface area contributed by atoms with Crippen LogP contribution in [0.3, 0.4) is 0 Å². The molecule has 0 saturated heterocycles. The summed E-state index contributed by atoms with van der Waals surface area (Å²) in [6.45, 7) is 0.455. The van der Waals surface area contributed by atoms with Crippen LogP contribution in [0, 0.1) is 5.82 Å². The molecule has 2 rings (SSSR count). The van der Waals surface area contributed by atoms with Crippen molar-refractivity contribution in [2.75, 3.05) is 17.7 Å². The number of hydrogen-bond donors (Lipinski definition) is 2. The highest BCUT2D eigenvalue weighted by Gasteiger charge is 2.17. The highest BCUT2D eigenvalue weighted by molar-refractivity contribution is 5.98.